The number of anilines is 2. The Labute approximate surface area is 130 Å². The Morgan fingerprint density at radius 1 is 1.29 bits per heavy atom. The first-order valence-corrected chi connectivity index (χ1v) is 6.93. The van der Waals surface area contributed by atoms with Gasteiger partial charge in [-0.2, -0.15) is 15.1 Å². The molecule has 0 fully saturated rings. The largest absolute Gasteiger partial charge is 0.383 e. The van der Waals surface area contributed by atoms with Crippen LogP contribution < -0.4 is 11.1 Å². The lowest BCUT2D eigenvalue weighted by molar-refractivity contribution is 0.785. The minimum atomic E-state index is 0.387. The highest BCUT2D eigenvalue weighted by Crippen LogP contribution is 2.22. The molecular formula is C13H12Cl2N6. The number of halogens is 2. The molecule has 1 aromatic carbocycles. The summed E-state index contributed by atoms with van der Waals surface area (Å²) in [5.74, 6) is 0.812. The molecule has 0 amide bonds. The van der Waals surface area contributed by atoms with Crippen molar-refractivity contribution in [1.29, 1.82) is 0 Å². The molecule has 3 rings (SSSR count). The topological polar surface area (TPSA) is 81.7 Å². The molecule has 0 aliphatic carbocycles. The van der Waals surface area contributed by atoms with E-state index in [1.807, 2.05) is 6.07 Å². The second-order valence-electron chi connectivity index (χ2n) is 4.53. The molecule has 0 spiro atoms. The molecule has 0 aliphatic heterocycles. The Morgan fingerprint density at radius 3 is 2.86 bits per heavy atom. The van der Waals surface area contributed by atoms with Crippen LogP contribution in [0, 0.1) is 0 Å². The third-order valence-corrected chi connectivity index (χ3v) is 3.66. The number of aryl methyl sites for hydroxylation is 1. The second kappa shape index (κ2) is 5.38. The van der Waals surface area contributed by atoms with Crippen molar-refractivity contribution in [3.63, 3.8) is 0 Å². The van der Waals surface area contributed by atoms with Crippen LogP contribution in [0.15, 0.2) is 24.4 Å². The number of nitrogens with two attached hydrogens (primary N) is 1. The van der Waals surface area contributed by atoms with Crippen LogP contribution in [0.5, 0.6) is 0 Å². The lowest BCUT2D eigenvalue weighted by Crippen LogP contribution is -2.07. The van der Waals surface area contributed by atoms with Gasteiger partial charge in [0.25, 0.3) is 0 Å². The van der Waals surface area contributed by atoms with Crippen LogP contribution in [-0.2, 0) is 13.6 Å². The molecule has 0 bridgehead atoms. The Morgan fingerprint density at radius 2 is 2.10 bits per heavy atom. The van der Waals surface area contributed by atoms with Crippen molar-refractivity contribution >= 4 is 46.0 Å². The van der Waals surface area contributed by atoms with Crippen LogP contribution in [0.25, 0.3) is 11.0 Å². The normalized spacial score (nSPS) is 11.0. The zero-order valence-corrected chi connectivity index (χ0v) is 12.7. The quantitative estimate of drug-likeness (QED) is 0.774. The Kier molecular flexibility index (Phi) is 3.57. The lowest BCUT2D eigenvalue weighted by Gasteiger charge is -2.08. The van der Waals surface area contributed by atoms with Crippen molar-refractivity contribution in [2.75, 3.05) is 11.1 Å². The fourth-order valence-electron chi connectivity index (χ4n) is 1.96. The molecule has 0 radical (unpaired) electrons. The lowest BCUT2D eigenvalue weighted by atomic mass is 10.2. The molecule has 108 valence electrons. The van der Waals surface area contributed by atoms with Gasteiger partial charge in [0.1, 0.15) is 5.82 Å². The number of hydrogen-bond acceptors (Lipinski definition) is 5. The van der Waals surface area contributed by atoms with E-state index in [1.54, 1.807) is 30.1 Å². The van der Waals surface area contributed by atoms with Crippen LogP contribution in [0.4, 0.5) is 11.8 Å². The molecule has 2 heterocycles. The number of aromatic nitrogens is 4. The highest BCUT2D eigenvalue weighted by atomic mass is 35.5. The van der Waals surface area contributed by atoms with E-state index >= 15 is 0 Å². The van der Waals surface area contributed by atoms with E-state index in [9.17, 15) is 0 Å². The zero-order valence-electron chi connectivity index (χ0n) is 11.1. The molecule has 0 saturated heterocycles. The molecule has 3 N–H and O–H groups in total. The van der Waals surface area contributed by atoms with Crippen LogP contribution in [0.3, 0.4) is 0 Å². The van der Waals surface area contributed by atoms with Gasteiger partial charge >= 0.3 is 0 Å². The summed E-state index contributed by atoms with van der Waals surface area (Å²) in [4.78, 5) is 8.60. The first-order chi connectivity index (χ1) is 10.0. The van der Waals surface area contributed by atoms with E-state index in [-0.39, 0.29) is 0 Å². The van der Waals surface area contributed by atoms with Gasteiger partial charge in [-0.1, -0.05) is 29.3 Å². The first-order valence-electron chi connectivity index (χ1n) is 6.17. The van der Waals surface area contributed by atoms with Crippen molar-refractivity contribution < 1.29 is 0 Å². The number of nitrogen functional groups attached to an aromatic ring is 1. The summed E-state index contributed by atoms with van der Waals surface area (Å²) in [5.41, 5.74) is 7.47. The van der Waals surface area contributed by atoms with Gasteiger partial charge in [-0.3, -0.25) is 4.68 Å². The average molecular weight is 323 g/mol. The number of nitrogens with zero attached hydrogens (tertiary/aromatic N) is 4. The van der Waals surface area contributed by atoms with Gasteiger partial charge in [0.15, 0.2) is 5.65 Å². The molecule has 6 nitrogen and oxygen atoms in total. The van der Waals surface area contributed by atoms with Crippen molar-refractivity contribution in [2.24, 2.45) is 7.05 Å². The maximum atomic E-state index is 6.13. The highest BCUT2D eigenvalue weighted by Gasteiger charge is 2.09. The highest BCUT2D eigenvalue weighted by molar-refractivity contribution is 6.35. The van der Waals surface area contributed by atoms with E-state index in [0.717, 1.165) is 10.9 Å². The predicted octanol–water partition coefficient (Wildman–Crippen LogP) is 2.86. The Balaban J connectivity index is 1.86. The maximum absolute atomic E-state index is 6.13. The maximum Gasteiger partial charge on any atom is 0.226 e. The number of rotatable bonds is 3. The molecule has 0 atom stereocenters. The van der Waals surface area contributed by atoms with Gasteiger partial charge in [0, 0.05) is 23.6 Å². The number of fused-ring (bicyclic) bond motifs is 1. The second-order valence-corrected chi connectivity index (χ2v) is 5.37. The van der Waals surface area contributed by atoms with Gasteiger partial charge < -0.3 is 11.1 Å². The molecular weight excluding hydrogens is 311 g/mol. The van der Waals surface area contributed by atoms with Gasteiger partial charge in [-0.25, -0.2) is 0 Å². The minimum absolute atomic E-state index is 0.387. The zero-order chi connectivity index (χ0) is 15.0. The fraction of sp³-hybridized carbons (Fsp3) is 0.154. The molecule has 0 unspecified atom stereocenters. The standard InChI is InChI=1S/C13H12Cl2N6/c1-21-12-9(6-18-21)11(16)19-13(20-12)17-5-7-2-3-8(14)4-10(7)15/h2-4,6H,5H2,1H3,(H3,16,17,19,20). The van der Waals surface area contributed by atoms with Crippen molar-refractivity contribution in [1.82, 2.24) is 19.7 Å². The third kappa shape index (κ3) is 2.72. The molecule has 3 aromatic rings. The van der Waals surface area contributed by atoms with Gasteiger partial charge in [-0.05, 0) is 17.7 Å². The monoisotopic (exact) mass is 322 g/mol. The average Bonchev–Trinajstić information content (AvgIpc) is 2.80. The fourth-order valence-corrected chi connectivity index (χ4v) is 2.44. The summed E-state index contributed by atoms with van der Waals surface area (Å²) in [6.45, 7) is 0.471. The minimum Gasteiger partial charge on any atom is -0.383 e. The van der Waals surface area contributed by atoms with E-state index in [4.69, 9.17) is 28.9 Å². The van der Waals surface area contributed by atoms with Crippen molar-refractivity contribution in [3.05, 3.63) is 40.0 Å². The third-order valence-electron chi connectivity index (χ3n) is 3.07. The van der Waals surface area contributed by atoms with E-state index in [2.05, 4.69) is 20.4 Å². The van der Waals surface area contributed by atoms with Crippen LogP contribution >= 0.6 is 23.2 Å². The van der Waals surface area contributed by atoms with Gasteiger partial charge in [0.2, 0.25) is 5.95 Å². The summed E-state index contributed by atoms with van der Waals surface area (Å²) in [7, 11) is 1.80. The van der Waals surface area contributed by atoms with Crippen LogP contribution in [-0.4, -0.2) is 19.7 Å². The Bertz CT molecular complexity index is 814. The number of benzene rings is 1. The summed E-state index contributed by atoms with van der Waals surface area (Å²) in [6, 6.07) is 5.33. The SMILES string of the molecule is Cn1ncc2c(N)nc(NCc3ccc(Cl)cc3Cl)nc21. The van der Waals surface area contributed by atoms with E-state index in [1.165, 1.54) is 0 Å². The molecule has 8 heteroatoms. The van der Waals surface area contributed by atoms with Crippen molar-refractivity contribution in [3.8, 4) is 0 Å². The molecule has 0 aliphatic rings. The summed E-state index contributed by atoms with van der Waals surface area (Å²) in [6.07, 6.45) is 1.64. The summed E-state index contributed by atoms with van der Waals surface area (Å²) >= 11 is 12.0. The van der Waals surface area contributed by atoms with E-state index < -0.39 is 0 Å². The van der Waals surface area contributed by atoms with E-state index in [0.29, 0.717) is 34.0 Å². The number of hydrogen-bond donors (Lipinski definition) is 2. The van der Waals surface area contributed by atoms with Crippen LogP contribution in [0.2, 0.25) is 10.0 Å². The summed E-state index contributed by atoms with van der Waals surface area (Å²) in [5, 5.41) is 9.13. The molecule has 2 aromatic heterocycles. The predicted molar refractivity (Wildman–Crippen MR) is 84.5 cm³/mol. The molecule has 21 heavy (non-hydrogen) atoms. The van der Waals surface area contributed by atoms with Gasteiger partial charge in [0.05, 0.1) is 11.6 Å². The number of nitrogens with one attached hydrogen (secondary N) is 1. The first kappa shape index (κ1) is 13.9. The smallest absolute Gasteiger partial charge is 0.226 e. The Hall–Kier alpha value is -2.05. The van der Waals surface area contributed by atoms with Gasteiger partial charge in [-0.15, -0.1) is 0 Å². The van der Waals surface area contributed by atoms with Crippen molar-refractivity contribution in [2.45, 2.75) is 6.54 Å². The molecule has 0 saturated carbocycles. The summed E-state index contributed by atoms with van der Waals surface area (Å²) < 4.78 is 1.65. The van der Waals surface area contributed by atoms with Crippen LogP contribution in [0.1, 0.15) is 5.56 Å².